The molecule has 0 radical (unpaired) electrons. The molecule has 1 heterocycles. The van der Waals surface area contributed by atoms with Crippen LogP contribution in [0.25, 0.3) is 0 Å². The van der Waals surface area contributed by atoms with Crippen molar-refractivity contribution in [3.8, 4) is 0 Å². The molecule has 140 valence electrons. The minimum Gasteiger partial charge on any atom is -0.389 e. The van der Waals surface area contributed by atoms with Crippen LogP contribution in [0.5, 0.6) is 0 Å². The molecule has 1 atom stereocenters. The Morgan fingerprint density at radius 2 is 1.80 bits per heavy atom. The van der Waals surface area contributed by atoms with Crippen LogP contribution in [0.1, 0.15) is 38.8 Å². The Balaban J connectivity index is 2.32. The van der Waals surface area contributed by atoms with Crippen molar-refractivity contribution in [3.05, 3.63) is 29.3 Å². The van der Waals surface area contributed by atoms with Gasteiger partial charge in [-0.25, -0.2) is 8.42 Å². The predicted octanol–water partition coefficient (Wildman–Crippen LogP) is 1.41. The summed E-state index contributed by atoms with van der Waals surface area (Å²) >= 11 is 0. The molecule has 2 rings (SSSR count). The van der Waals surface area contributed by atoms with Gasteiger partial charge in [-0.15, -0.1) is 0 Å². The van der Waals surface area contributed by atoms with E-state index in [1.54, 1.807) is 44.7 Å². The van der Waals surface area contributed by atoms with Crippen LogP contribution in [0, 0.1) is 0 Å². The third-order valence-electron chi connectivity index (χ3n) is 5.17. The molecule has 0 spiro atoms. The van der Waals surface area contributed by atoms with Crippen LogP contribution < -0.4 is 0 Å². The normalized spacial score (nSPS) is 17.2. The fraction of sp³-hybridized carbons (Fsp3) is 0.611. The van der Waals surface area contributed by atoms with Crippen molar-refractivity contribution in [1.29, 1.82) is 0 Å². The highest BCUT2D eigenvalue weighted by molar-refractivity contribution is 7.89. The lowest BCUT2D eigenvalue weighted by Crippen LogP contribution is -2.48. The fourth-order valence-electron chi connectivity index (χ4n) is 3.00. The summed E-state index contributed by atoms with van der Waals surface area (Å²) in [5.41, 5.74) is 0.908. The number of likely N-dealkylation sites (N-methyl/N-ethyl adjacent to an activating group) is 1. The zero-order valence-corrected chi connectivity index (χ0v) is 16.4. The van der Waals surface area contributed by atoms with Crippen molar-refractivity contribution in [2.45, 2.75) is 57.1 Å². The van der Waals surface area contributed by atoms with Gasteiger partial charge in [-0.1, -0.05) is 6.07 Å². The van der Waals surface area contributed by atoms with Gasteiger partial charge in [0.15, 0.2) is 0 Å². The van der Waals surface area contributed by atoms with Crippen molar-refractivity contribution in [1.82, 2.24) is 9.21 Å². The molecule has 1 aromatic carbocycles. The SMILES string of the molecule is CC(=O)N1CCc2ccc(S(=O)(=O)N(C)C(C)C(C)(C)O)cc2CC1. The van der Waals surface area contributed by atoms with E-state index >= 15 is 0 Å². The van der Waals surface area contributed by atoms with E-state index in [9.17, 15) is 18.3 Å². The minimum atomic E-state index is -3.70. The molecular formula is C18H28N2O4S. The van der Waals surface area contributed by atoms with Crippen molar-refractivity contribution in [3.63, 3.8) is 0 Å². The minimum absolute atomic E-state index is 0.0411. The van der Waals surface area contributed by atoms with Gasteiger partial charge in [0, 0.05) is 27.1 Å². The van der Waals surface area contributed by atoms with Crippen LogP contribution in [0.4, 0.5) is 0 Å². The van der Waals surface area contributed by atoms with Gasteiger partial charge in [-0.05, 0) is 56.9 Å². The fourth-order valence-corrected chi connectivity index (χ4v) is 4.53. The molecule has 0 bridgehead atoms. The standard InChI is InChI=1S/C18H28N2O4S/c1-13(18(3,4)22)19(5)25(23,24)17-7-6-15-8-10-20(14(2)21)11-9-16(15)12-17/h6-7,12-13,22H,8-11H2,1-5H3. The van der Waals surface area contributed by atoms with Gasteiger partial charge in [0.1, 0.15) is 0 Å². The van der Waals surface area contributed by atoms with Crippen molar-refractivity contribution in [2.24, 2.45) is 0 Å². The van der Waals surface area contributed by atoms with Crippen molar-refractivity contribution in [2.75, 3.05) is 20.1 Å². The van der Waals surface area contributed by atoms with Crippen LogP contribution in [0.3, 0.4) is 0 Å². The van der Waals surface area contributed by atoms with Crippen LogP contribution in [-0.4, -0.2) is 60.4 Å². The maximum Gasteiger partial charge on any atom is 0.243 e. The number of hydrogen-bond donors (Lipinski definition) is 1. The van der Waals surface area contributed by atoms with E-state index in [1.165, 1.54) is 11.4 Å². The molecular weight excluding hydrogens is 340 g/mol. The average Bonchev–Trinajstić information content (AvgIpc) is 2.74. The maximum atomic E-state index is 12.9. The largest absolute Gasteiger partial charge is 0.389 e. The molecule has 0 aliphatic carbocycles. The number of hydrogen-bond acceptors (Lipinski definition) is 4. The Bertz CT molecular complexity index is 753. The second kappa shape index (κ2) is 7.05. The summed E-state index contributed by atoms with van der Waals surface area (Å²) in [6.45, 7) is 7.69. The molecule has 0 saturated carbocycles. The number of fused-ring (bicyclic) bond motifs is 1. The number of rotatable bonds is 4. The maximum absolute atomic E-state index is 12.9. The highest BCUT2D eigenvalue weighted by Gasteiger charge is 2.34. The first-order valence-electron chi connectivity index (χ1n) is 8.52. The molecule has 25 heavy (non-hydrogen) atoms. The zero-order chi connectivity index (χ0) is 19.0. The lowest BCUT2D eigenvalue weighted by atomic mass is 10.0. The third kappa shape index (κ3) is 4.22. The second-order valence-electron chi connectivity index (χ2n) is 7.29. The molecule has 1 aromatic rings. The van der Waals surface area contributed by atoms with E-state index in [4.69, 9.17) is 0 Å². The van der Waals surface area contributed by atoms with Crippen LogP contribution >= 0.6 is 0 Å². The molecule has 7 heteroatoms. The highest BCUT2D eigenvalue weighted by atomic mass is 32.2. The Morgan fingerprint density at radius 3 is 2.32 bits per heavy atom. The number of aliphatic hydroxyl groups is 1. The summed E-state index contributed by atoms with van der Waals surface area (Å²) in [5, 5.41) is 10.1. The van der Waals surface area contributed by atoms with E-state index in [0.717, 1.165) is 17.5 Å². The monoisotopic (exact) mass is 368 g/mol. The molecule has 1 aliphatic heterocycles. The van der Waals surface area contributed by atoms with Crippen molar-refractivity contribution >= 4 is 15.9 Å². The zero-order valence-electron chi connectivity index (χ0n) is 15.6. The second-order valence-corrected chi connectivity index (χ2v) is 9.28. The summed E-state index contributed by atoms with van der Waals surface area (Å²) in [7, 11) is -2.22. The van der Waals surface area contributed by atoms with Crippen LogP contribution in [0.15, 0.2) is 23.1 Å². The number of carbonyl (C=O) groups excluding carboxylic acids is 1. The Kier molecular flexibility index (Phi) is 5.61. The molecule has 0 saturated heterocycles. The highest BCUT2D eigenvalue weighted by Crippen LogP contribution is 2.25. The molecule has 6 nitrogen and oxygen atoms in total. The third-order valence-corrected chi connectivity index (χ3v) is 7.09. The summed E-state index contributed by atoms with van der Waals surface area (Å²) in [5.74, 6) is 0.0411. The first-order chi connectivity index (χ1) is 11.4. The quantitative estimate of drug-likeness (QED) is 0.872. The first kappa shape index (κ1) is 19.9. The predicted molar refractivity (Wildman–Crippen MR) is 96.8 cm³/mol. The van der Waals surface area contributed by atoms with Gasteiger partial charge in [0.2, 0.25) is 15.9 Å². The smallest absolute Gasteiger partial charge is 0.243 e. The molecule has 1 N–H and O–H groups in total. The van der Waals surface area contributed by atoms with Gasteiger partial charge in [-0.3, -0.25) is 4.79 Å². The van der Waals surface area contributed by atoms with Gasteiger partial charge < -0.3 is 10.0 Å². The van der Waals surface area contributed by atoms with Gasteiger partial charge in [0.05, 0.1) is 16.5 Å². The summed E-state index contributed by atoms with van der Waals surface area (Å²) < 4.78 is 27.0. The summed E-state index contributed by atoms with van der Waals surface area (Å²) in [6, 6.07) is 4.60. The summed E-state index contributed by atoms with van der Waals surface area (Å²) in [4.78, 5) is 13.6. The van der Waals surface area contributed by atoms with E-state index < -0.39 is 21.7 Å². The average molecular weight is 368 g/mol. The van der Waals surface area contributed by atoms with Crippen molar-refractivity contribution < 1.29 is 18.3 Å². The number of sulfonamides is 1. The first-order valence-corrected chi connectivity index (χ1v) is 9.96. The van der Waals surface area contributed by atoms with E-state index in [2.05, 4.69) is 0 Å². The molecule has 0 aromatic heterocycles. The number of amides is 1. The molecule has 1 aliphatic rings. The number of carbonyl (C=O) groups is 1. The topological polar surface area (TPSA) is 77.9 Å². The van der Waals surface area contributed by atoms with Gasteiger partial charge in [-0.2, -0.15) is 4.31 Å². The van der Waals surface area contributed by atoms with E-state index in [-0.39, 0.29) is 10.8 Å². The van der Waals surface area contributed by atoms with Crippen LogP contribution in [0.2, 0.25) is 0 Å². The number of nitrogens with zero attached hydrogens (tertiary/aromatic N) is 2. The van der Waals surface area contributed by atoms with E-state index in [0.29, 0.717) is 19.5 Å². The molecule has 0 fully saturated rings. The van der Waals surface area contributed by atoms with Crippen LogP contribution in [-0.2, 0) is 27.7 Å². The van der Waals surface area contributed by atoms with E-state index in [1.807, 2.05) is 6.07 Å². The van der Waals surface area contributed by atoms with Gasteiger partial charge >= 0.3 is 0 Å². The summed E-state index contributed by atoms with van der Waals surface area (Å²) in [6.07, 6.45) is 1.37. The molecule has 1 unspecified atom stereocenters. The molecule has 1 amide bonds. The lowest BCUT2D eigenvalue weighted by molar-refractivity contribution is -0.128. The van der Waals surface area contributed by atoms with Gasteiger partial charge in [0.25, 0.3) is 0 Å². The Hall–Kier alpha value is -1.44. The number of benzene rings is 1. The Morgan fingerprint density at radius 1 is 1.24 bits per heavy atom. The lowest BCUT2D eigenvalue weighted by Gasteiger charge is -2.33. The Labute approximate surface area is 150 Å².